The number of rotatable bonds is 3. The normalized spacial score (nSPS) is 14.1. The molecule has 0 spiro atoms. The molecule has 0 unspecified atom stereocenters. The minimum absolute atomic E-state index is 0.0139. The van der Waals surface area contributed by atoms with E-state index in [9.17, 15) is 23.6 Å². The van der Waals surface area contributed by atoms with Crippen LogP contribution in [0.1, 0.15) is 16.7 Å². The average molecular weight is 457 g/mol. The average Bonchev–Trinajstić information content (AvgIpc) is 2.82. The summed E-state index contributed by atoms with van der Waals surface area (Å²) in [4.78, 5) is 17.8. The minimum Gasteiger partial charge on any atom is -0.506 e. The second-order valence-electron chi connectivity index (χ2n) is 7.29. The molecule has 0 fully saturated rings. The van der Waals surface area contributed by atoms with Gasteiger partial charge >= 0.3 is 0 Å². The first-order valence-electron chi connectivity index (χ1n) is 9.80. The Kier molecular flexibility index (Phi) is 4.69. The Morgan fingerprint density at radius 2 is 1.82 bits per heavy atom. The molecular weight excluding hydrogens is 442 g/mol. The lowest BCUT2D eigenvalue weighted by atomic mass is 10.1. The van der Waals surface area contributed by atoms with Crippen LogP contribution in [0.4, 0.5) is 5.69 Å². The Hall–Kier alpha value is -4.49. The van der Waals surface area contributed by atoms with Gasteiger partial charge in [-0.05, 0) is 35.9 Å². The Bertz CT molecular complexity index is 1680. The van der Waals surface area contributed by atoms with Gasteiger partial charge in [-0.25, -0.2) is 4.98 Å². The van der Waals surface area contributed by atoms with E-state index in [2.05, 4.69) is 20.8 Å². The molecule has 0 atom stereocenters. The van der Waals surface area contributed by atoms with Gasteiger partial charge in [-0.2, -0.15) is 13.7 Å². The number of fused-ring (bicyclic) bond motifs is 2. The zero-order valence-corrected chi connectivity index (χ0v) is 17.7. The third-order valence-electron chi connectivity index (χ3n) is 5.33. The number of aromatic nitrogens is 2. The zero-order valence-electron chi connectivity index (χ0n) is 16.9. The number of benzene rings is 2. The number of amidine groups is 1. The summed E-state index contributed by atoms with van der Waals surface area (Å²) in [7, 11) is -4.10. The molecule has 0 saturated heterocycles. The fourth-order valence-corrected chi connectivity index (χ4v) is 4.91. The molecule has 2 aromatic heterocycles. The van der Waals surface area contributed by atoms with Crippen molar-refractivity contribution < 1.29 is 13.5 Å². The molecule has 2 aromatic carbocycles. The van der Waals surface area contributed by atoms with Gasteiger partial charge in [0.2, 0.25) is 0 Å². The quantitative estimate of drug-likeness (QED) is 0.482. The highest BCUT2D eigenvalue weighted by Crippen LogP contribution is 2.31. The van der Waals surface area contributed by atoms with Crippen LogP contribution in [0.25, 0.3) is 11.0 Å². The zero-order chi connectivity index (χ0) is 23.2. The third kappa shape index (κ3) is 3.31. The first-order chi connectivity index (χ1) is 15.9. The first kappa shape index (κ1) is 20.4. The van der Waals surface area contributed by atoms with Crippen molar-refractivity contribution in [3.05, 3.63) is 93.9 Å². The highest BCUT2D eigenvalue weighted by Gasteiger charge is 2.30. The smallest absolute Gasteiger partial charge is 0.286 e. The van der Waals surface area contributed by atoms with Gasteiger partial charge in [0, 0.05) is 6.20 Å². The maximum atomic E-state index is 13.6. The number of nitrogens with one attached hydrogen (secondary N) is 1. The van der Waals surface area contributed by atoms with Crippen LogP contribution in [0.3, 0.4) is 0 Å². The molecule has 2 N–H and O–H groups in total. The van der Waals surface area contributed by atoms with Crippen LogP contribution in [0.5, 0.6) is 5.75 Å². The first-order valence-corrected chi connectivity index (χ1v) is 11.2. The molecule has 10 heteroatoms. The Morgan fingerprint density at radius 3 is 2.64 bits per heavy atom. The number of nitriles is 1. The van der Waals surface area contributed by atoms with Crippen molar-refractivity contribution in [3.8, 4) is 11.8 Å². The van der Waals surface area contributed by atoms with Crippen molar-refractivity contribution in [2.75, 3.05) is 5.32 Å². The standard InChI is InChI=1S/C23H15N5O4S/c24-12-14-6-1-2-7-15(14)13-28-22-16(8-5-11-25-22)20(29)19(23(28)30)21-26-17-9-3-4-10-18(17)33(31,32)27-21/h1-11,29H,13H2,(H,26,27). The van der Waals surface area contributed by atoms with Crippen LogP contribution in [-0.2, 0) is 16.6 Å². The summed E-state index contributed by atoms with van der Waals surface area (Å²) < 4.78 is 30.5. The molecule has 5 rings (SSSR count). The molecule has 0 aliphatic carbocycles. The number of anilines is 1. The topological polar surface area (TPSA) is 137 Å². The third-order valence-corrected chi connectivity index (χ3v) is 6.66. The molecule has 4 aromatic rings. The van der Waals surface area contributed by atoms with E-state index < -0.39 is 21.3 Å². The monoisotopic (exact) mass is 457 g/mol. The number of para-hydroxylation sites is 1. The molecule has 3 heterocycles. The van der Waals surface area contributed by atoms with Crippen molar-refractivity contribution in [1.29, 1.82) is 5.26 Å². The summed E-state index contributed by atoms with van der Waals surface area (Å²) in [6, 6.07) is 18.2. The SMILES string of the molecule is N#Cc1ccccc1Cn1c(=O)c(C2=NS(=O)(=O)c3ccccc3N2)c(O)c2cccnc21. The van der Waals surface area contributed by atoms with E-state index in [1.165, 1.54) is 16.8 Å². The molecule has 162 valence electrons. The number of pyridine rings is 2. The van der Waals surface area contributed by atoms with Crippen LogP contribution < -0.4 is 10.9 Å². The predicted molar refractivity (Wildman–Crippen MR) is 122 cm³/mol. The largest absolute Gasteiger partial charge is 0.506 e. The van der Waals surface area contributed by atoms with Crippen LogP contribution in [0, 0.1) is 11.3 Å². The Balaban J connectivity index is 1.78. The van der Waals surface area contributed by atoms with Crippen molar-refractivity contribution in [2.45, 2.75) is 11.4 Å². The van der Waals surface area contributed by atoms with Crippen molar-refractivity contribution >= 4 is 32.6 Å². The van der Waals surface area contributed by atoms with Gasteiger partial charge in [-0.3, -0.25) is 9.36 Å². The lowest BCUT2D eigenvalue weighted by molar-refractivity contribution is 0.477. The number of hydrogen-bond acceptors (Lipinski definition) is 7. The van der Waals surface area contributed by atoms with Crippen LogP contribution in [0.15, 0.2) is 80.9 Å². The number of nitrogens with zero attached hydrogens (tertiary/aromatic N) is 4. The summed E-state index contributed by atoms with van der Waals surface area (Å²) in [6.07, 6.45) is 1.48. The van der Waals surface area contributed by atoms with Gasteiger partial charge in [0.25, 0.3) is 15.6 Å². The van der Waals surface area contributed by atoms with E-state index in [0.29, 0.717) is 11.1 Å². The number of sulfonamides is 1. The van der Waals surface area contributed by atoms with Crippen molar-refractivity contribution in [3.63, 3.8) is 0 Å². The summed E-state index contributed by atoms with van der Waals surface area (Å²) in [5.41, 5.74) is 0.385. The van der Waals surface area contributed by atoms with E-state index >= 15 is 0 Å². The second kappa shape index (κ2) is 7.58. The summed E-state index contributed by atoms with van der Waals surface area (Å²) in [5.74, 6) is -0.724. The van der Waals surface area contributed by atoms with E-state index in [1.807, 2.05) is 0 Å². The van der Waals surface area contributed by atoms with Gasteiger partial charge in [0.05, 0.1) is 29.3 Å². The van der Waals surface area contributed by atoms with E-state index in [4.69, 9.17) is 0 Å². The molecule has 1 aliphatic heterocycles. The number of hydrogen-bond donors (Lipinski definition) is 2. The van der Waals surface area contributed by atoms with Gasteiger partial charge < -0.3 is 10.4 Å². The molecule has 0 bridgehead atoms. The predicted octanol–water partition coefficient (Wildman–Crippen LogP) is 2.58. The van der Waals surface area contributed by atoms with E-state index in [0.717, 1.165) is 0 Å². The summed E-state index contributed by atoms with van der Waals surface area (Å²) >= 11 is 0. The lowest BCUT2D eigenvalue weighted by Crippen LogP contribution is -2.33. The molecule has 0 amide bonds. The summed E-state index contributed by atoms with van der Waals surface area (Å²) in [5, 5.41) is 23.5. The summed E-state index contributed by atoms with van der Waals surface area (Å²) in [6.45, 7) is -0.0139. The van der Waals surface area contributed by atoms with E-state index in [1.54, 1.807) is 54.6 Å². The Morgan fingerprint density at radius 1 is 1.06 bits per heavy atom. The highest BCUT2D eigenvalue weighted by atomic mass is 32.2. The van der Waals surface area contributed by atoms with Gasteiger partial charge in [0.15, 0.2) is 5.84 Å². The van der Waals surface area contributed by atoms with Crippen molar-refractivity contribution in [2.24, 2.45) is 4.40 Å². The fourth-order valence-electron chi connectivity index (χ4n) is 3.78. The Labute approximate surface area is 188 Å². The van der Waals surface area contributed by atoms with Crippen LogP contribution >= 0.6 is 0 Å². The van der Waals surface area contributed by atoms with Gasteiger partial charge in [0.1, 0.15) is 21.9 Å². The molecule has 1 aliphatic rings. The number of aromatic hydroxyl groups is 1. The highest BCUT2D eigenvalue weighted by molar-refractivity contribution is 7.90. The van der Waals surface area contributed by atoms with Crippen LogP contribution in [-0.4, -0.2) is 28.9 Å². The molecular formula is C23H15N5O4S. The van der Waals surface area contributed by atoms with Gasteiger partial charge in [-0.15, -0.1) is 4.40 Å². The van der Waals surface area contributed by atoms with Crippen LogP contribution in [0.2, 0.25) is 0 Å². The molecule has 9 nitrogen and oxygen atoms in total. The maximum Gasteiger partial charge on any atom is 0.286 e. The minimum atomic E-state index is -4.10. The van der Waals surface area contributed by atoms with Crippen molar-refractivity contribution in [1.82, 2.24) is 9.55 Å². The second-order valence-corrected chi connectivity index (χ2v) is 8.87. The fraction of sp³-hybridized carbons (Fsp3) is 0.0435. The van der Waals surface area contributed by atoms with E-state index in [-0.39, 0.29) is 39.6 Å². The van der Waals surface area contributed by atoms with Gasteiger partial charge in [-0.1, -0.05) is 30.3 Å². The maximum absolute atomic E-state index is 13.6. The molecule has 0 saturated carbocycles. The lowest BCUT2D eigenvalue weighted by Gasteiger charge is -2.20. The molecule has 33 heavy (non-hydrogen) atoms. The molecule has 0 radical (unpaired) electrons.